The van der Waals surface area contributed by atoms with Crippen LogP contribution in [0.2, 0.25) is 0 Å². The molecule has 0 spiro atoms. The number of nitrogens with zero attached hydrogens (tertiary/aromatic N) is 10. The van der Waals surface area contributed by atoms with Crippen molar-refractivity contribution < 1.29 is 52.7 Å². The van der Waals surface area contributed by atoms with Gasteiger partial charge in [0.25, 0.3) is 23.6 Å². The van der Waals surface area contributed by atoms with E-state index in [-0.39, 0.29) is 47.4 Å². The second kappa shape index (κ2) is 20.5. The number of phosphoric acid groups is 1. The highest BCUT2D eigenvalue weighted by atomic mass is 31.2. The Labute approximate surface area is 463 Å². The normalized spacial score (nSPS) is 22.9. The Bertz CT molecular complexity index is 3390. The predicted molar refractivity (Wildman–Crippen MR) is 297 cm³/mol. The van der Waals surface area contributed by atoms with Crippen LogP contribution in [0.15, 0.2) is 67.1 Å². The zero-order chi connectivity index (χ0) is 56.9. The molecule has 6 aliphatic rings. The number of phosphoric ester groups is 1. The zero-order valence-corrected chi connectivity index (χ0v) is 47.1. The van der Waals surface area contributed by atoms with Gasteiger partial charge >= 0.3 is 7.82 Å². The van der Waals surface area contributed by atoms with Crippen LogP contribution in [0.5, 0.6) is 5.88 Å². The zero-order valence-electron chi connectivity index (χ0n) is 46.2. The van der Waals surface area contributed by atoms with E-state index in [9.17, 15) is 43.4 Å². The summed E-state index contributed by atoms with van der Waals surface area (Å²) in [5.74, 6) is -1.81. The summed E-state index contributed by atoms with van der Waals surface area (Å²) in [6, 6.07) is 14.1. The summed E-state index contributed by atoms with van der Waals surface area (Å²) in [4.78, 5) is 111. The van der Waals surface area contributed by atoms with Crippen LogP contribution in [0.1, 0.15) is 122 Å². The van der Waals surface area contributed by atoms with E-state index in [4.69, 9.17) is 14.7 Å². The molecule has 4 aromatic heterocycles. The van der Waals surface area contributed by atoms with Gasteiger partial charge in [0.15, 0.2) is 0 Å². The van der Waals surface area contributed by atoms with Gasteiger partial charge in [0.05, 0.1) is 35.7 Å². The monoisotopic (exact) mass is 1110 g/mol. The number of benzene rings is 1. The summed E-state index contributed by atoms with van der Waals surface area (Å²) in [6.45, 7) is 17.7. The number of piperazine rings is 1. The molecule has 80 heavy (non-hydrogen) atoms. The van der Waals surface area contributed by atoms with Crippen LogP contribution >= 0.6 is 7.82 Å². The number of fused-ring (bicyclic) bond motifs is 4. The van der Waals surface area contributed by atoms with Crippen LogP contribution < -0.4 is 24.8 Å². The maximum Gasteiger partial charge on any atom is 0.471 e. The second-order valence-corrected chi connectivity index (χ2v) is 24.6. The molecular formula is C57H68N11O11P. The lowest BCUT2D eigenvalue weighted by atomic mass is 9.89. The predicted octanol–water partition coefficient (Wildman–Crippen LogP) is 6.24. The molecule has 422 valence electrons. The molecule has 5 aromatic rings. The summed E-state index contributed by atoms with van der Waals surface area (Å²) in [6.07, 6.45) is 6.86. The van der Waals surface area contributed by atoms with Crippen LogP contribution in [0.25, 0.3) is 11.1 Å². The molecule has 1 aliphatic carbocycles. The number of carbonyl (C=O) groups is 5. The molecule has 5 aliphatic heterocycles. The third kappa shape index (κ3) is 10.0. The van der Waals surface area contributed by atoms with Crippen molar-refractivity contribution in [2.45, 2.75) is 130 Å². The fourth-order valence-electron chi connectivity index (χ4n) is 13.2. The standard InChI is InChI=1S/C57H68N11O11P/c1-32-23-37(16-18-63(32)38-9-11-41-42(26-38)53(71)68(52(41)70)44-12-14-48(69)67(55(44)73)34(3)79-80(75,76)77)62-19-20-64(33(2)31-62)39-10-13-47(59-30-39)61-43-24-36(29-60-51(43)78-8)40-15-17-58-50(49(40)57(6,7)74)66-22-21-65-45(54(66)72)25-35-27-56(4,5)28-46(35)65/h9-11,13,15,17,24-26,29-30,32-34,37,44,74H,12,14,16,18-23,27-28,31H2,1-8H3,(H,59,61)(H2,75,76,77)/t32-,33-,34?,37?,44-/m0/s1. The van der Waals surface area contributed by atoms with E-state index in [1.807, 2.05) is 36.5 Å². The largest absolute Gasteiger partial charge is 0.480 e. The highest BCUT2D eigenvalue weighted by Gasteiger charge is 2.49. The molecule has 0 saturated carbocycles. The average Bonchev–Trinajstić information content (AvgIpc) is 4.00. The maximum atomic E-state index is 14.2. The lowest BCUT2D eigenvalue weighted by Crippen LogP contribution is -2.58. The van der Waals surface area contributed by atoms with Gasteiger partial charge in [-0.2, -0.15) is 0 Å². The lowest BCUT2D eigenvalue weighted by molar-refractivity contribution is -0.161. The van der Waals surface area contributed by atoms with Crippen molar-refractivity contribution in [1.82, 2.24) is 34.2 Å². The number of pyridine rings is 3. The molecule has 0 bridgehead atoms. The first-order valence-electron chi connectivity index (χ1n) is 27.3. The number of likely N-dealkylation sites (tertiary alicyclic amines) is 1. The van der Waals surface area contributed by atoms with Crippen molar-refractivity contribution in [3.8, 4) is 17.0 Å². The molecule has 5 atom stereocenters. The minimum absolute atomic E-state index is 0.0937. The molecule has 11 rings (SSSR count). The molecule has 22 nitrogen and oxygen atoms in total. The van der Waals surface area contributed by atoms with E-state index in [0.717, 1.165) is 68.5 Å². The summed E-state index contributed by atoms with van der Waals surface area (Å²) in [7, 11) is -3.51. The van der Waals surface area contributed by atoms with Crippen LogP contribution in [-0.2, 0) is 43.7 Å². The maximum absolute atomic E-state index is 14.2. The molecule has 4 N–H and O–H groups in total. The highest BCUT2D eigenvalue weighted by molar-refractivity contribution is 7.46. The topological polar surface area (TPSA) is 257 Å². The second-order valence-electron chi connectivity index (χ2n) is 23.4. The van der Waals surface area contributed by atoms with E-state index in [1.165, 1.54) is 11.3 Å². The summed E-state index contributed by atoms with van der Waals surface area (Å²) in [5.41, 5.74) is 6.41. The fraction of sp³-hybridized carbons (Fsp3) is 0.474. The molecule has 0 radical (unpaired) electrons. The molecule has 3 fully saturated rings. The number of rotatable bonds is 13. The van der Waals surface area contributed by atoms with Gasteiger partial charge in [-0.25, -0.2) is 19.5 Å². The van der Waals surface area contributed by atoms with E-state index >= 15 is 0 Å². The summed E-state index contributed by atoms with van der Waals surface area (Å²) >= 11 is 0. The number of aromatic nitrogens is 4. The van der Waals surface area contributed by atoms with Crippen molar-refractivity contribution in [2.75, 3.05) is 59.9 Å². The Morgan fingerprint density at radius 2 is 1.56 bits per heavy atom. The van der Waals surface area contributed by atoms with Gasteiger partial charge in [0.1, 0.15) is 35.3 Å². The number of hydrogen-bond acceptors (Lipinski definition) is 16. The number of amides is 5. The third-order valence-corrected chi connectivity index (χ3v) is 17.3. The Hall–Kier alpha value is -7.07. The Morgan fingerprint density at radius 1 is 0.812 bits per heavy atom. The number of methoxy groups -OCH3 is 1. The van der Waals surface area contributed by atoms with Crippen LogP contribution in [0.4, 0.5) is 28.7 Å². The van der Waals surface area contributed by atoms with Gasteiger partial charge in [-0.05, 0) is 132 Å². The number of hydrogen-bond donors (Lipinski definition) is 4. The van der Waals surface area contributed by atoms with E-state index in [2.05, 4.69) is 67.9 Å². The molecule has 23 heteroatoms. The van der Waals surface area contributed by atoms with Gasteiger partial charge in [-0.3, -0.25) is 48.1 Å². The van der Waals surface area contributed by atoms with Gasteiger partial charge in [0.2, 0.25) is 11.8 Å². The number of imide groups is 2. The van der Waals surface area contributed by atoms with Gasteiger partial charge in [-0.15, -0.1) is 0 Å². The first-order chi connectivity index (χ1) is 37.9. The number of piperidine rings is 2. The molecular weight excluding hydrogens is 1050 g/mol. The number of ether oxygens (including phenoxy) is 1. The third-order valence-electron chi connectivity index (χ3n) is 16.8. The minimum atomic E-state index is -5.07. The molecule has 9 heterocycles. The van der Waals surface area contributed by atoms with E-state index in [1.54, 1.807) is 50.4 Å². The molecule has 1 aromatic carbocycles. The smallest absolute Gasteiger partial charge is 0.471 e. The lowest BCUT2D eigenvalue weighted by Gasteiger charge is -2.48. The van der Waals surface area contributed by atoms with Crippen LogP contribution in [0.3, 0.4) is 0 Å². The van der Waals surface area contributed by atoms with Crippen molar-refractivity contribution in [3.05, 3.63) is 101 Å². The number of anilines is 5. The average molecular weight is 1110 g/mol. The Balaban J connectivity index is 0.724. The SMILES string of the molecule is COc1ncc(-c2ccnc(N3CCn4c(cc5c4CC(C)(C)C5)C3=O)c2C(C)(C)O)cc1Nc1ccc(N2CCN(C3CCN(c4ccc5c(c4)C(=O)N([C@H]4CCC(=O)N(C(C)OP(=O)(O)O)C4=O)C5=O)[C@@H](C)C3)C[C@@H]2C)cn1. The van der Waals surface area contributed by atoms with E-state index in [0.29, 0.717) is 76.2 Å². The van der Waals surface area contributed by atoms with Crippen molar-refractivity contribution in [3.63, 3.8) is 0 Å². The van der Waals surface area contributed by atoms with Crippen molar-refractivity contribution in [2.24, 2.45) is 5.41 Å². The summed E-state index contributed by atoms with van der Waals surface area (Å²) < 4.78 is 24.0. The molecule has 3 saturated heterocycles. The number of aliphatic hydroxyl groups is 1. The number of carbonyl (C=O) groups excluding carboxylic acids is 5. The first-order valence-corrected chi connectivity index (χ1v) is 28.8. The highest BCUT2D eigenvalue weighted by Crippen LogP contribution is 2.44. The van der Waals surface area contributed by atoms with Crippen LogP contribution in [0, 0.1) is 5.41 Å². The fourth-order valence-corrected chi connectivity index (χ4v) is 13.7. The molecule has 5 amide bonds. The van der Waals surface area contributed by atoms with Crippen LogP contribution in [-0.4, -0.2) is 149 Å². The van der Waals surface area contributed by atoms with Crippen molar-refractivity contribution in [1.29, 1.82) is 0 Å². The van der Waals surface area contributed by atoms with Gasteiger partial charge in [-0.1, -0.05) is 13.8 Å². The Morgan fingerprint density at radius 3 is 2.26 bits per heavy atom. The minimum Gasteiger partial charge on any atom is -0.480 e. The van der Waals surface area contributed by atoms with Gasteiger partial charge < -0.3 is 39.3 Å². The number of nitrogens with one attached hydrogen (secondary N) is 1. The van der Waals surface area contributed by atoms with Gasteiger partial charge in [0, 0.05) is 98.7 Å². The quantitative estimate of drug-likeness (QED) is 0.0751. The van der Waals surface area contributed by atoms with E-state index < -0.39 is 49.3 Å². The summed E-state index contributed by atoms with van der Waals surface area (Å²) in [5, 5.41) is 15.2. The molecule has 2 unspecified atom stereocenters. The first kappa shape index (κ1) is 54.9. The van der Waals surface area contributed by atoms with Crippen molar-refractivity contribution >= 4 is 66.1 Å². The Kier molecular flexibility index (Phi) is 14.0.